The van der Waals surface area contributed by atoms with Gasteiger partial charge in [0, 0.05) is 24.5 Å². The fourth-order valence-corrected chi connectivity index (χ4v) is 4.61. The van der Waals surface area contributed by atoms with E-state index >= 15 is 0 Å². The number of alkyl halides is 3. The largest absolute Gasteiger partial charge is 0.472 e. The lowest BCUT2D eigenvalue weighted by Crippen LogP contribution is -2.59. The van der Waals surface area contributed by atoms with Gasteiger partial charge in [0.2, 0.25) is 5.88 Å². The second kappa shape index (κ2) is 8.13. The van der Waals surface area contributed by atoms with Crippen LogP contribution >= 0.6 is 0 Å². The van der Waals surface area contributed by atoms with Gasteiger partial charge in [-0.05, 0) is 50.3 Å². The number of amides is 1. The fourth-order valence-electron chi connectivity index (χ4n) is 4.61. The van der Waals surface area contributed by atoms with E-state index in [0.29, 0.717) is 24.3 Å². The van der Waals surface area contributed by atoms with Crippen LogP contribution in [0.3, 0.4) is 0 Å². The second-order valence-corrected chi connectivity index (χ2v) is 8.38. The van der Waals surface area contributed by atoms with Crippen LogP contribution in [0.5, 0.6) is 5.88 Å². The first-order chi connectivity index (χ1) is 15.8. The van der Waals surface area contributed by atoms with Crippen LogP contribution < -0.4 is 4.74 Å². The molecule has 3 aromatic heterocycles. The highest BCUT2D eigenvalue weighted by Crippen LogP contribution is 2.38. The zero-order valence-electron chi connectivity index (χ0n) is 17.7. The predicted molar refractivity (Wildman–Crippen MR) is 110 cm³/mol. The predicted octanol–water partition coefficient (Wildman–Crippen LogP) is 3.46. The van der Waals surface area contributed by atoms with Crippen LogP contribution in [0, 0.1) is 12.8 Å². The minimum Gasteiger partial charge on any atom is -0.472 e. The first-order valence-corrected chi connectivity index (χ1v) is 10.6. The van der Waals surface area contributed by atoms with E-state index in [0.717, 1.165) is 25.1 Å². The van der Waals surface area contributed by atoms with E-state index in [9.17, 15) is 18.0 Å². The monoisotopic (exact) mass is 458 g/mol. The third kappa shape index (κ3) is 4.14. The van der Waals surface area contributed by atoms with Crippen molar-refractivity contribution in [2.75, 3.05) is 6.54 Å². The van der Waals surface area contributed by atoms with E-state index < -0.39 is 11.7 Å². The molecule has 33 heavy (non-hydrogen) atoms. The molecule has 2 bridgehead atoms. The molecule has 3 aromatic rings. The van der Waals surface area contributed by atoms with E-state index in [1.54, 1.807) is 17.0 Å². The lowest BCUT2D eigenvalue weighted by atomic mass is 9.77. The minimum absolute atomic E-state index is 0.114. The Morgan fingerprint density at radius 1 is 1.12 bits per heavy atom. The van der Waals surface area contributed by atoms with Crippen molar-refractivity contribution in [3.05, 3.63) is 59.8 Å². The smallest absolute Gasteiger partial charge is 0.417 e. The molecule has 0 aromatic carbocycles. The summed E-state index contributed by atoms with van der Waals surface area (Å²) in [6.07, 6.45) is 1.41. The minimum atomic E-state index is -4.46. The highest BCUT2D eigenvalue weighted by molar-refractivity contribution is 5.96. The number of carbonyl (C=O) groups excluding carboxylic acids is 1. The number of carbonyl (C=O) groups is 1. The van der Waals surface area contributed by atoms with Crippen molar-refractivity contribution in [2.24, 2.45) is 5.92 Å². The number of fused-ring (bicyclic) bond motifs is 3. The number of nitrogens with zero attached hydrogens (tertiary/aromatic N) is 6. The number of aryl methyl sites for hydroxylation is 1. The Balaban J connectivity index is 1.39. The van der Waals surface area contributed by atoms with Crippen molar-refractivity contribution in [2.45, 2.75) is 44.5 Å². The molecular weight excluding hydrogens is 437 g/mol. The molecule has 6 rings (SSSR count). The van der Waals surface area contributed by atoms with Gasteiger partial charge in [-0.15, -0.1) is 4.80 Å². The summed E-state index contributed by atoms with van der Waals surface area (Å²) in [7, 11) is 0. The molecule has 3 atom stereocenters. The number of rotatable bonds is 4. The van der Waals surface area contributed by atoms with E-state index in [1.807, 2.05) is 6.92 Å². The Morgan fingerprint density at radius 2 is 1.91 bits per heavy atom. The molecule has 1 unspecified atom stereocenters. The zero-order valence-corrected chi connectivity index (χ0v) is 17.7. The number of aromatic nitrogens is 5. The summed E-state index contributed by atoms with van der Waals surface area (Å²) in [5.74, 6) is 0.104. The summed E-state index contributed by atoms with van der Waals surface area (Å²) in [5.41, 5.74) is 0.601. The van der Waals surface area contributed by atoms with Gasteiger partial charge in [-0.25, -0.2) is 9.97 Å². The second-order valence-electron chi connectivity index (χ2n) is 8.38. The SMILES string of the molecule is Cc1ccc(-n2nccn2)c(C(=O)N2CC3CC[C@H]2[C@H](Oc2ccc(C(F)(F)F)cn2)C3)n1. The van der Waals surface area contributed by atoms with Gasteiger partial charge < -0.3 is 9.64 Å². The van der Waals surface area contributed by atoms with Crippen molar-refractivity contribution < 1.29 is 22.7 Å². The summed E-state index contributed by atoms with van der Waals surface area (Å²) in [6.45, 7) is 2.38. The van der Waals surface area contributed by atoms with Gasteiger partial charge in [0.15, 0.2) is 5.69 Å². The highest BCUT2D eigenvalue weighted by atomic mass is 19.4. The molecule has 1 amide bonds. The van der Waals surface area contributed by atoms with E-state index in [4.69, 9.17) is 4.74 Å². The molecule has 2 saturated heterocycles. The van der Waals surface area contributed by atoms with Crippen LogP contribution in [0.2, 0.25) is 0 Å². The maximum atomic E-state index is 13.6. The van der Waals surface area contributed by atoms with E-state index in [-0.39, 0.29) is 35.5 Å². The summed E-state index contributed by atoms with van der Waals surface area (Å²) < 4.78 is 44.4. The number of ether oxygens (including phenoxy) is 1. The van der Waals surface area contributed by atoms with Crippen molar-refractivity contribution in [1.29, 1.82) is 0 Å². The summed E-state index contributed by atoms with van der Waals surface area (Å²) in [4.78, 5) is 25.0. The number of pyridine rings is 2. The van der Waals surface area contributed by atoms with Gasteiger partial charge in [-0.2, -0.15) is 23.4 Å². The summed E-state index contributed by atoms with van der Waals surface area (Å²) >= 11 is 0. The molecule has 172 valence electrons. The Bertz CT molecular complexity index is 1150. The van der Waals surface area contributed by atoms with Gasteiger partial charge in [0.25, 0.3) is 5.91 Å². The van der Waals surface area contributed by atoms with Crippen LogP contribution in [0.1, 0.15) is 41.0 Å². The molecule has 1 aliphatic carbocycles. The quantitative estimate of drug-likeness (QED) is 0.595. The molecule has 0 radical (unpaired) electrons. The Morgan fingerprint density at radius 3 is 2.58 bits per heavy atom. The molecular formula is C22H21F3N6O2. The number of hydrogen-bond acceptors (Lipinski definition) is 6. The molecule has 0 spiro atoms. The first kappa shape index (κ1) is 21.4. The Kier molecular flexibility index (Phi) is 5.26. The topological polar surface area (TPSA) is 86.0 Å². The van der Waals surface area contributed by atoms with Crippen molar-refractivity contribution in [1.82, 2.24) is 29.9 Å². The average Bonchev–Trinajstić information content (AvgIpc) is 3.33. The lowest BCUT2D eigenvalue weighted by Gasteiger charge is -2.49. The molecule has 5 heterocycles. The van der Waals surface area contributed by atoms with Gasteiger partial charge in [0.1, 0.15) is 11.8 Å². The van der Waals surface area contributed by atoms with E-state index in [1.165, 1.54) is 23.3 Å². The van der Waals surface area contributed by atoms with Crippen LogP contribution in [-0.2, 0) is 6.18 Å². The van der Waals surface area contributed by atoms with E-state index in [2.05, 4.69) is 20.2 Å². The lowest BCUT2D eigenvalue weighted by molar-refractivity contribution is -0.137. The standard InChI is InChI=1S/C22H21F3N6O2/c1-13-2-5-17(31-27-8-9-28-31)20(29-13)21(32)30-12-14-3-6-16(30)18(10-14)33-19-7-4-15(11-26-19)22(23,24)25/h2,4-5,7-9,11,14,16,18H,3,6,10,12H2,1H3/t14?,16-,18+/m0/s1. The fraction of sp³-hybridized carbons (Fsp3) is 0.409. The van der Waals surface area contributed by atoms with Crippen molar-refractivity contribution >= 4 is 5.91 Å². The number of halogens is 3. The maximum absolute atomic E-state index is 13.6. The molecule has 0 N–H and O–H groups in total. The molecule has 11 heteroatoms. The van der Waals surface area contributed by atoms with Gasteiger partial charge >= 0.3 is 6.18 Å². The maximum Gasteiger partial charge on any atom is 0.417 e. The van der Waals surface area contributed by atoms with Crippen LogP contribution in [-0.4, -0.2) is 54.5 Å². The third-order valence-electron chi connectivity index (χ3n) is 6.17. The van der Waals surface area contributed by atoms with Gasteiger partial charge in [-0.3, -0.25) is 4.79 Å². The zero-order chi connectivity index (χ0) is 23.2. The number of piperidine rings is 2. The molecule has 1 saturated carbocycles. The van der Waals surface area contributed by atoms with Gasteiger partial charge in [0.05, 0.1) is 24.0 Å². The average molecular weight is 458 g/mol. The molecule has 8 nitrogen and oxygen atoms in total. The van der Waals surface area contributed by atoms with Crippen LogP contribution in [0.15, 0.2) is 42.9 Å². The Labute approximate surface area is 187 Å². The van der Waals surface area contributed by atoms with Crippen molar-refractivity contribution in [3.63, 3.8) is 0 Å². The van der Waals surface area contributed by atoms with Crippen LogP contribution in [0.4, 0.5) is 13.2 Å². The summed E-state index contributed by atoms with van der Waals surface area (Å²) in [5, 5.41) is 8.26. The first-order valence-electron chi connectivity index (χ1n) is 10.6. The summed E-state index contributed by atoms with van der Waals surface area (Å²) in [6, 6.07) is 5.50. The highest BCUT2D eigenvalue weighted by Gasteiger charge is 2.45. The molecule has 2 aliphatic heterocycles. The molecule has 3 fully saturated rings. The van der Waals surface area contributed by atoms with Crippen LogP contribution in [0.25, 0.3) is 5.69 Å². The molecule has 3 aliphatic rings. The number of hydrogen-bond donors (Lipinski definition) is 0. The van der Waals surface area contributed by atoms with Crippen molar-refractivity contribution in [3.8, 4) is 11.6 Å². The van der Waals surface area contributed by atoms with Gasteiger partial charge in [-0.1, -0.05) is 0 Å². The third-order valence-corrected chi connectivity index (χ3v) is 6.17. The Hall–Kier alpha value is -3.50. The normalized spacial score (nSPS) is 22.4.